The zero-order chi connectivity index (χ0) is 10.7. The second kappa shape index (κ2) is 4.47. The number of benzene rings is 2. The Bertz CT molecular complexity index is 466. The molecule has 0 aliphatic rings. The van der Waals surface area contributed by atoms with Crippen molar-refractivity contribution in [1.82, 2.24) is 0 Å². The largest absolute Gasteiger partial charge is 0.326 e. The number of halogens is 1. The van der Waals surface area contributed by atoms with Gasteiger partial charge in [0.15, 0.2) is 0 Å². The van der Waals surface area contributed by atoms with Gasteiger partial charge in [0.2, 0.25) is 0 Å². The molecule has 0 bridgehead atoms. The SMILES string of the molecule is NCc1[c]cccc1-c1cccc(Cl)c1. The molecule has 0 aromatic heterocycles. The van der Waals surface area contributed by atoms with Gasteiger partial charge in [0.1, 0.15) is 0 Å². The van der Waals surface area contributed by atoms with Crippen LogP contribution in [0.5, 0.6) is 0 Å². The van der Waals surface area contributed by atoms with Crippen molar-refractivity contribution in [2.24, 2.45) is 5.73 Å². The molecule has 1 nitrogen and oxygen atoms in total. The molecule has 2 N–H and O–H groups in total. The average molecular weight is 217 g/mol. The van der Waals surface area contributed by atoms with Crippen molar-refractivity contribution >= 4 is 11.6 Å². The quantitative estimate of drug-likeness (QED) is 0.820. The van der Waals surface area contributed by atoms with Gasteiger partial charge in [-0.3, -0.25) is 0 Å². The van der Waals surface area contributed by atoms with Crippen LogP contribution in [-0.4, -0.2) is 0 Å². The van der Waals surface area contributed by atoms with E-state index in [2.05, 4.69) is 6.07 Å². The summed E-state index contributed by atoms with van der Waals surface area (Å²) in [7, 11) is 0. The van der Waals surface area contributed by atoms with E-state index in [1.54, 1.807) is 0 Å². The summed E-state index contributed by atoms with van der Waals surface area (Å²) >= 11 is 5.95. The van der Waals surface area contributed by atoms with Gasteiger partial charge in [0.05, 0.1) is 0 Å². The summed E-state index contributed by atoms with van der Waals surface area (Å²) in [5.41, 5.74) is 8.86. The van der Waals surface area contributed by atoms with Gasteiger partial charge in [0, 0.05) is 11.6 Å². The fraction of sp³-hybridized carbons (Fsp3) is 0.0769. The molecular formula is C13H11ClN. The molecule has 15 heavy (non-hydrogen) atoms. The second-order valence-electron chi connectivity index (χ2n) is 3.28. The lowest BCUT2D eigenvalue weighted by atomic mass is 10.00. The third-order valence-electron chi connectivity index (χ3n) is 2.28. The number of hydrogen-bond acceptors (Lipinski definition) is 1. The van der Waals surface area contributed by atoms with Crippen LogP contribution in [0.2, 0.25) is 5.02 Å². The van der Waals surface area contributed by atoms with Gasteiger partial charge in [-0.25, -0.2) is 0 Å². The first-order valence-electron chi connectivity index (χ1n) is 4.77. The zero-order valence-electron chi connectivity index (χ0n) is 8.20. The van der Waals surface area contributed by atoms with Gasteiger partial charge in [-0.1, -0.05) is 41.9 Å². The fourth-order valence-electron chi connectivity index (χ4n) is 1.57. The predicted molar refractivity (Wildman–Crippen MR) is 63.6 cm³/mol. The Kier molecular flexibility index (Phi) is 3.05. The molecule has 2 aromatic carbocycles. The Morgan fingerprint density at radius 3 is 2.80 bits per heavy atom. The lowest BCUT2D eigenvalue weighted by Gasteiger charge is -2.07. The molecule has 0 unspecified atom stereocenters. The average Bonchev–Trinajstić information content (AvgIpc) is 2.29. The molecule has 0 amide bonds. The lowest BCUT2D eigenvalue weighted by Crippen LogP contribution is -1.98. The molecule has 2 aromatic rings. The molecule has 2 heteroatoms. The first-order chi connectivity index (χ1) is 7.31. The van der Waals surface area contributed by atoms with E-state index >= 15 is 0 Å². The molecule has 0 saturated carbocycles. The van der Waals surface area contributed by atoms with E-state index in [0.717, 1.165) is 21.7 Å². The molecule has 0 fully saturated rings. The molecule has 0 spiro atoms. The van der Waals surface area contributed by atoms with E-state index < -0.39 is 0 Å². The van der Waals surface area contributed by atoms with Crippen molar-refractivity contribution in [2.45, 2.75) is 6.54 Å². The van der Waals surface area contributed by atoms with Crippen LogP contribution in [0, 0.1) is 6.07 Å². The van der Waals surface area contributed by atoms with Gasteiger partial charge >= 0.3 is 0 Å². The Balaban J connectivity index is 2.53. The van der Waals surface area contributed by atoms with Crippen LogP contribution in [0.3, 0.4) is 0 Å². The van der Waals surface area contributed by atoms with Gasteiger partial charge in [-0.15, -0.1) is 0 Å². The van der Waals surface area contributed by atoms with E-state index in [4.69, 9.17) is 17.3 Å². The standard InChI is InChI=1S/C13H11ClN/c14-12-6-3-5-10(8-12)13-7-2-1-4-11(13)9-15/h1-3,5-8H,9,15H2. The van der Waals surface area contributed by atoms with Gasteiger partial charge in [-0.2, -0.15) is 0 Å². The van der Waals surface area contributed by atoms with Crippen molar-refractivity contribution < 1.29 is 0 Å². The van der Waals surface area contributed by atoms with Crippen molar-refractivity contribution in [2.75, 3.05) is 0 Å². The van der Waals surface area contributed by atoms with Crippen LogP contribution in [0.15, 0.2) is 42.5 Å². The maximum Gasteiger partial charge on any atom is 0.0412 e. The number of hydrogen-bond donors (Lipinski definition) is 1. The molecule has 0 atom stereocenters. The van der Waals surface area contributed by atoms with Crippen LogP contribution >= 0.6 is 11.6 Å². The van der Waals surface area contributed by atoms with Crippen LogP contribution in [-0.2, 0) is 6.54 Å². The van der Waals surface area contributed by atoms with E-state index in [1.165, 1.54) is 0 Å². The summed E-state index contributed by atoms with van der Waals surface area (Å²) in [5, 5.41) is 0.735. The highest BCUT2D eigenvalue weighted by Crippen LogP contribution is 2.25. The Morgan fingerprint density at radius 2 is 2.07 bits per heavy atom. The van der Waals surface area contributed by atoms with E-state index in [0.29, 0.717) is 6.54 Å². The van der Waals surface area contributed by atoms with E-state index in [9.17, 15) is 0 Å². The molecule has 0 heterocycles. The summed E-state index contributed by atoms with van der Waals surface area (Å²) in [6.07, 6.45) is 0. The number of rotatable bonds is 2. The summed E-state index contributed by atoms with van der Waals surface area (Å²) in [6.45, 7) is 0.489. The lowest BCUT2D eigenvalue weighted by molar-refractivity contribution is 1.07. The smallest absolute Gasteiger partial charge is 0.0412 e. The first kappa shape index (κ1) is 10.2. The number of nitrogens with two attached hydrogens (primary N) is 1. The second-order valence-corrected chi connectivity index (χ2v) is 3.71. The van der Waals surface area contributed by atoms with E-state index in [-0.39, 0.29) is 0 Å². The van der Waals surface area contributed by atoms with E-state index in [1.807, 2.05) is 42.5 Å². The first-order valence-corrected chi connectivity index (χ1v) is 5.14. The van der Waals surface area contributed by atoms with Crippen LogP contribution in [0.1, 0.15) is 5.56 Å². The topological polar surface area (TPSA) is 26.0 Å². The summed E-state index contributed by atoms with van der Waals surface area (Å²) < 4.78 is 0. The fourth-order valence-corrected chi connectivity index (χ4v) is 1.76. The minimum absolute atomic E-state index is 0.489. The molecule has 1 radical (unpaired) electrons. The highest BCUT2D eigenvalue weighted by molar-refractivity contribution is 6.30. The molecule has 0 aliphatic heterocycles. The monoisotopic (exact) mass is 216 g/mol. The zero-order valence-corrected chi connectivity index (χ0v) is 8.96. The third-order valence-corrected chi connectivity index (χ3v) is 2.52. The minimum atomic E-state index is 0.489. The van der Waals surface area contributed by atoms with Crippen molar-refractivity contribution in [3.8, 4) is 11.1 Å². The minimum Gasteiger partial charge on any atom is -0.326 e. The van der Waals surface area contributed by atoms with Crippen molar-refractivity contribution in [1.29, 1.82) is 0 Å². The molecule has 0 aliphatic carbocycles. The van der Waals surface area contributed by atoms with Crippen molar-refractivity contribution in [3.63, 3.8) is 0 Å². The van der Waals surface area contributed by atoms with Gasteiger partial charge in [-0.05, 0) is 34.9 Å². The van der Waals surface area contributed by atoms with Crippen molar-refractivity contribution in [3.05, 3.63) is 59.1 Å². The summed E-state index contributed by atoms with van der Waals surface area (Å²) in [5.74, 6) is 0. The summed E-state index contributed by atoms with van der Waals surface area (Å²) in [4.78, 5) is 0. The van der Waals surface area contributed by atoms with Crippen LogP contribution < -0.4 is 5.73 Å². The molecule has 0 saturated heterocycles. The normalized spacial score (nSPS) is 10.3. The van der Waals surface area contributed by atoms with Gasteiger partial charge in [0.25, 0.3) is 0 Å². The molecular weight excluding hydrogens is 206 g/mol. The highest BCUT2D eigenvalue weighted by Gasteiger charge is 2.03. The highest BCUT2D eigenvalue weighted by atomic mass is 35.5. The Hall–Kier alpha value is -1.31. The molecule has 2 rings (SSSR count). The third kappa shape index (κ3) is 2.20. The summed E-state index contributed by atoms with van der Waals surface area (Å²) in [6, 6.07) is 16.7. The predicted octanol–water partition coefficient (Wildman–Crippen LogP) is 3.27. The molecule has 75 valence electrons. The van der Waals surface area contributed by atoms with Crippen LogP contribution in [0.25, 0.3) is 11.1 Å². The Morgan fingerprint density at radius 1 is 1.20 bits per heavy atom. The van der Waals surface area contributed by atoms with Crippen LogP contribution in [0.4, 0.5) is 0 Å². The Labute approximate surface area is 94.5 Å². The maximum atomic E-state index is 5.95. The van der Waals surface area contributed by atoms with Gasteiger partial charge < -0.3 is 5.73 Å². The maximum absolute atomic E-state index is 5.95.